The summed E-state index contributed by atoms with van der Waals surface area (Å²) in [6, 6.07) is 16.8. The van der Waals surface area contributed by atoms with E-state index in [-0.39, 0.29) is 5.69 Å². The summed E-state index contributed by atoms with van der Waals surface area (Å²) in [5.41, 5.74) is 0.0704. The van der Waals surface area contributed by atoms with Crippen LogP contribution in [0.4, 0.5) is 8.78 Å². The molecule has 1 aliphatic carbocycles. The van der Waals surface area contributed by atoms with Crippen molar-refractivity contribution < 1.29 is 18.7 Å². The second kappa shape index (κ2) is 6.84. The normalized spacial score (nSPS) is 14.5. The molecule has 7 heteroatoms. The Morgan fingerprint density at radius 1 is 0.968 bits per heavy atom. The topological polar surface area (TPSA) is 72.2 Å². The Hall–Kier alpha value is -3.87. The van der Waals surface area contributed by atoms with Crippen LogP contribution in [0.2, 0.25) is 0 Å². The van der Waals surface area contributed by atoms with E-state index in [2.05, 4.69) is 5.10 Å². The van der Waals surface area contributed by atoms with Crippen molar-refractivity contribution in [3.63, 3.8) is 0 Å². The molecule has 0 saturated heterocycles. The van der Waals surface area contributed by atoms with Gasteiger partial charge in [-0.3, -0.25) is 9.59 Å². The van der Waals surface area contributed by atoms with Crippen LogP contribution in [-0.2, 0) is 10.2 Å². The molecule has 0 bridgehead atoms. The number of carbonyl (C=O) groups is 1. The van der Waals surface area contributed by atoms with Crippen molar-refractivity contribution in [2.75, 3.05) is 0 Å². The van der Waals surface area contributed by atoms with Crippen LogP contribution in [0, 0.1) is 11.6 Å². The van der Waals surface area contributed by atoms with E-state index in [0.29, 0.717) is 46.5 Å². The Kier molecular flexibility index (Phi) is 4.22. The number of hydrogen-bond donors (Lipinski definition) is 1. The summed E-state index contributed by atoms with van der Waals surface area (Å²) in [6.45, 7) is 0. The van der Waals surface area contributed by atoms with E-state index in [1.807, 2.05) is 0 Å². The second-order valence-electron chi connectivity index (χ2n) is 7.67. The number of hydrogen-bond acceptors (Lipinski definition) is 3. The molecule has 1 aromatic heterocycles. The Balaban J connectivity index is 1.78. The Bertz CT molecular complexity index is 1420. The molecule has 1 heterocycles. The van der Waals surface area contributed by atoms with Crippen LogP contribution < -0.4 is 5.56 Å². The number of carboxylic acids is 1. The van der Waals surface area contributed by atoms with E-state index in [9.17, 15) is 23.5 Å². The number of fused-ring (bicyclic) bond motifs is 1. The molecule has 31 heavy (non-hydrogen) atoms. The third-order valence-corrected chi connectivity index (χ3v) is 5.79. The lowest BCUT2D eigenvalue weighted by atomic mass is 9.93. The standard InChI is InChI=1S/C24H16F2N2O3/c25-16-8-9-20(19(26)13-16)28-22(29)18-7-2-1-6-17(18)21(27-28)14-4-3-5-15(12-14)24(10-11-24)23(30)31/h1-9,12-13H,10-11H2,(H,30,31). The number of benzene rings is 3. The fourth-order valence-electron chi connectivity index (χ4n) is 3.93. The van der Waals surface area contributed by atoms with Gasteiger partial charge in [0, 0.05) is 17.0 Å². The van der Waals surface area contributed by atoms with Crippen molar-refractivity contribution in [1.82, 2.24) is 9.78 Å². The van der Waals surface area contributed by atoms with E-state index >= 15 is 0 Å². The molecular weight excluding hydrogens is 402 g/mol. The number of nitrogens with zero attached hydrogens (tertiary/aromatic N) is 2. The van der Waals surface area contributed by atoms with Crippen LogP contribution in [-0.4, -0.2) is 20.9 Å². The predicted octanol–water partition coefficient (Wildman–Crippen LogP) is 4.45. The summed E-state index contributed by atoms with van der Waals surface area (Å²) in [5, 5.41) is 14.9. The molecule has 4 aromatic rings. The van der Waals surface area contributed by atoms with Gasteiger partial charge in [0.05, 0.1) is 16.5 Å². The lowest BCUT2D eigenvalue weighted by molar-refractivity contribution is -0.140. The third kappa shape index (κ3) is 3.01. The van der Waals surface area contributed by atoms with Gasteiger partial charge in [-0.1, -0.05) is 36.4 Å². The summed E-state index contributed by atoms with van der Waals surface area (Å²) >= 11 is 0. The van der Waals surface area contributed by atoms with Gasteiger partial charge in [0.25, 0.3) is 5.56 Å². The fourth-order valence-corrected chi connectivity index (χ4v) is 3.93. The number of aromatic nitrogens is 2. The Morgan fingerprint density at radius 2 is 1.71 bits per heavy atom. The monoisotopic (exact) mass is 418 g/mol. The van der Waals surface area contributed by atoms with Gasteiger partial charge in [-0.15, -0.1) is 0 Å². The van der Waals surface area contributed by atoms with Crippen molar-refractivity contribution in [2.24, 2.45) is 0 Å². The van der Waals surface area contributed by atoms with E-state index in [1.165, 1.54) is 0 Å². The number of aliphatic carboxylic acids is 1. The molecule has 0 aliphatic heterocycles. The lowest BCUT2D eigenvalue weighted by Crippen LogP contribution is -2.23. The highest BCUT2D eigenvalue weighted by molar-refractivity contribution is 5.94. The van der Waals surface area contributed by atoms with Gasteiger partial charge in [-0.2, -0.15) is 9.78 Å². The van der Waals surface area contributed by atoms with Crippen LogP contribution in [0.25, 0.3) is 27.7 Å². The SMILES string of the molecule is O=C(O)C1(c2cccc(-c3nn(-c4ccc(F)cc4F)c(=O)c4ccccc34)c2)CC1. The maximum Gasteiger partial charge on any atom is 0.314 e. The van der Waals surface area contributed by atoms with Crippen molar-refractivity contribution in [2.45, 2.75) is 18.3 Å². The van der Waals surface area contributed by atoms with Crippen molar-refractivity contribution in [3.8, 4) is 16.9 Å². The largest absolute Gasteiger partial charge is 0.481 e. The minimum atomic E-state index is -0.910. The molecule has 0 spiro atoms. The molecular formula is C24H16F2N2O3. The van der Waals surface area contributed by atoms with Crippen LogP contribution in [0.1, 0.15) is 18.4 Å². The molecule has 1 aliphatic rings. The van der Waals surface area contributed by atoms with Crippen molar-refractivity contribution >= 4 is 16.7 Å². The minimum Gasteiger partial charge on any atom is -0.481 e. The van der Waals surface area contributed by atoms with Crippen LogP contribution in [0.15, 0.2) is 71.5 Å². The van der Waals surface area contributed by atoms with Gasteiger partial charge < -0.3 is 5.11 Å². The van der Waals surface area contributed by atoms with E-state index in [4.69, 9.17) is 0 Å². The first-order chi connectivity index (χ1) is 14.9. The molecule has 154 valence electrons. The number of halogens is 2. The number of carboxylic acid groups (broad SMARTS) is 1. The first kappa shape index (κ1) is 19.1. The quantitative estimate of drug-likeness (QED) is 0.532. The van der Waals surface area contributed by atoms with Gasteiger partial charge in [0.1, 0.15) is 11.5 Å². The Morgan fingerprint density at radius 3 is 2.39 bits per heavy atom. The van der Waals surface area contributed by atoms with Gasteiger partial charge in [-0.05, 0) is 42.7 Å². The van der Waals surface area contributed by atoms with Crippen LogP contribution >= 0.6 is 0 Å². The molecule has 0 atom stereocenters. The fraction of sp³-hybridized carbons (Fsp3) is 0.125. The van der Waals surface area contributed by atoms with Gasteiger partial charge >= 0.3 is 5.97 Å². The molecule has 3 aromatic carbocycles. The summed E-state index contributed by atoms with van der Waals surface area (Å²) in [5.74, 6) is -2.54. The Labute approximate surface area is 175 Å². The predicted molar refractivity (Wildman–Crippen MR) is 111 cm³/mol. The smallest absolute Gasteiger partial charge is 0.314 e. The van der Waals surface area contributed by atoms with E-state index in [0.717, 1.165) is 16.8 Å². The average Bonchev–Trinajstić information content (AvgIpc) is 3.57. The minimum absolute atomic E-state index is 0.168. The maximum absolute atomic E-state index is 14.5. The molecule has 1 fully saturated rings. The van der Waals surface area contributed by atoms with Gasteiger partial charge in [0.15, 0.2) is 5.82 Å². The second-order valence-corrected chi connectivity index (χ2v) is 7.67. The third-order valence-electron chi connectivity index (χ3n) is 5.79. The summed E-state index contributed by atoms with van der Waals surface area (Å²) < 4.78 is 28.8. The molecule has 1 N–H and O–H groups in total. The van der Waals surface area contributed by atoms with E-state index < -0.39 is 28.6 Å². The highest BCUT2D eigenvalue weighted by atomic mass is 19.1. The lowest BCUT2D eigenvalue weighted by Gasteiger charge is -2.14. The van der Waals surface area contributed by atoms with Crippen LogP contribution in [0.3, 0.4) is 0 Å². The summed E-state index contributed by atoms with van der Waals surface area (Å²) in [4.78, 5) is 24.8. The maximum atomic E-state index is 14.5. The highest BCUT2D eigenvalue weighted by Crippen LogP contribution is 2.49. The molecule has 0 amide bonds. The summed E-state index contributed by atoms with van der Waals surface area (Å²) in [6.07, 6.45) is 1.11. The first-order valence-corrected chi connectivity index (χ1v) is 9.72. The zero-order valence-corrected chi connectivity index (χ0v) is 16.2. The highest BCUT2D eigenvalue weighted by Gasteiger charge is 2.51. The number of rotatable bonds is 4. The first-order valence-electron chi connectivity index (χ1n) is 9.72. The zero-order chi connectivity index (χ0) is 21.8. The average molecular weight is 418 g/mol. The van der Waals surface area contributed by atoms with Crippen LogP contribution in [0.5, 0.6) is 0 Å². The molecule has 0 unspecified atom stereocenters. The van der Waals surface area contributed by atoms with Gasteiger partial charge in [0.2, 0.25) is 0 Å². The van der Waals surface area contributed by atoms with Gasteiger partial charge in [-0.25, -0.2) is 8.78 Å². The van der Waals surface area contributed by atoms with Crippen molar-refractivity contribution in [1.29, 1.82) is 0 Å². The molecule has 5 rings (SSSR count). The summed E-state index contributed by atoms with van der Waals surface area (Å²) in [7, 11) is 0. The molecule has 5 nitrogen and oxygen atoms in total. The molecule has 1 saturated carbocycles. The zero-order valence-electron chi connectivity index (χ0n) is 16.2. The van der Waals surface area contributed by atoms with Crippen molar-refractivity contribution in [3.05, 3.63) is 94.3 Å². The van der Waals surface area contributed by atoms with E-state index in [1.54, 1.807) is 48.5 Å². The molecule has 0 radical (unpaired) electrons.